The fourth-order valence-corrected chi connectivity index (χ4v) is 0.840. The third-order valence-electron chi connectivity index (χ3n) is 1.15. The number of rotatable bonds is 2. The summed E-state index contributed by atoms with van der Waals surface area (Å²) in [6.07, 6.45) is 0. The van der Waals surface area contributed by atoms with Crippen LogP contribution in [0.5, 0.6) is 0 Å². The summed E-state index contributed by atoms with van der Waals surface area (Å²) in [7, 11) is 0. The van der Waals surface area contributed by atoms with Gasteiger partial charge in [0, 0.05) is 13.1 Å². The SMILES string of the molecule is CCN(CC)C(=S)C#N. The lowest BCUT2D eigenvalue weighted by Crippen LogP contribution is -2.27. The van der Waals surface area contributed by atoms with Crippen LogP contribution < -0.4 is 0 Å². The third-order valence-corrected chi connectivity index (χ3v) is 1.50. The summed E-state index contributed by atoms with van der Waals surface area (Å²) in [6.45, 7) is 5.60. The van der Waals surface area contributed by atoms with Gasteiger partial charge >= 0.3 is 0 Å². The van der Waals surface area contributed by atoms with Crippen molar-refractivity contribution in [2.75, 3.05) is 13.1 Å². The summed E-state index contributed by atoms with van der Waals surface area (Å²) < 4.78 is 0. The summed E-state index contributed by atoms with van der Waals surface area (Å²) in [5.74, 6) is 0. The number of hydrogen-bond donors (Lipinski definition) is 0. The Hall–Kier alpha value is -0.620. The molecule has 0 bridgehead atoms. The second-order valence-electron chi connectivity index (χ2n) is 1.59. The van der Waals surface area contributed by atoms with Crippen molar-refractivity contribution in [2.24, 2.45) is 0 Å². The highest BCUT2D eigenvalue weighted by Gasteiger charge is 2.00. The molecule has 0 aliphatic carbocycles. The first-order valence-electron chi connectivity index (χ1n) is 2.95. The van der Waals surface area contributed by atoms with Crippen LogP contribution in [-0.2, 0) is 0 Å². The minimum absolute atomic E-state index is 0.389. The Morgan fingerprint density at radius 1 is 1.56 bits per heavy atom. The average molecular weight is 142 g/mol. The second-order valence-corrected chi connectivity index (χ2v) is 1.98. The van der Waals surface area contributed by atoms with Crippen molar-refractivity contribution in [1.82, 2.24) is 4.90 Å². The Morgan fingerprint density at radius 2 is 2.00 bits per heavy atom. The Balaban J connectivity index is 3.83. The van der Waals surface area contributed by atoms with E-state index in [2.05, 4.69) is 0 Å². The smallest absolute Gasteiger partial charge is 0.180 e. The van der Waals surface area contributed by atoms with Crippen molar-refractivity contribution in [3.8, 4) is 6.07 Å². The van der Waals surface area contributed by atoms with Crippen molar-refractivity contribution < 1.29 is 0 Å². The summed E-state index contributed by atoms with van der Waals surface area (Å²) >= 11 is 4.74. The van der Waals surface area contributed by atoms with Crippen molar-refractivity contribution in [3.63, 3.8) is 0 Å². The molecule has 0 saturated carbocycles. The quantitative estimate of drug-likeness (QED) is 0.542. The molecule has 0 aliphatic rings. The van der Waals surface area contributed by atoms with Crippen LogP contribution in [-0.4, -0.2) is 23.0 Å². The summed E-state index contributed by atoms with van der Waals surface area (Å²) in [5.41, 5.74) is 0. The van der Waals surface area contributed by atoms with Crippen LogP contribution in [0, 0.1) is 11.3 Å². The first-order valence-corrected chi connectivity index (χ1v) is 3.36. The lowest BCUT2D eigenvalue weighted by Gasteiger charge is -2.15. The second kappa shape index (κ2) is 4.28. The molecule has 0 aromatic rings. The van der Waals surface area contributed by atoms with Crippen LogP contribution >= 0.6 is 12.2 Å². The Morgan fingerprint density at radius 3 is 2.11 bits per heavy atom. The van der Waals surface area contributed by atoms with Gasteiger partial charge < -0.3 is 4.90 Å². The maximum absolute atomic E-state index is 8.33. The van der Waals surface area contributed by atoms with E-state index in [-0.39, 0.29) is 0 Å². The molecular weight excluding hydrogens is 132 g/mol. The highest BCUT2D eigenvalue weighted by molar-refractivity contribution is 7.80. The number of nitriles is 1. The molecule has 9 heavy (non-hydrogen) atoms. The predicted molar refractivity (Wildman–Crippen MR) is 41.1 cm³/mol. The largest absolute Gasteiger partial charge is 0.355 e. The standard InChI is InChI=1S/C6H10N2S/c1-3-8(4-2)6(9)5-7/h3-4H2,1-2H3. The van der Waals surface area contributed by atoms with Crippen LogP contribution in [0.2, 0.25) is 0 Å². The van der Waals surface area contributed by atoms with Gasteiger partial charge in [0.25, 0.3) is 0 Å². The highest BCUT2D eigenvalue weighted by atomic mass is 32.1. The van der Waals surface area contributed by atoms with E-state index in [4.69, 9.17) is 17.5 Å². The molecule has 0 aliphatic heterocycles. The number of nitrogens with zero attached hydrogens (tertiary/aromatic N) is 2. The van der Waals surface area contributed by atoms with Gasteiger partial charge in [-0.3, -0.25) is 0 Å². The summed E-state index contributed by atoms with van der Waals surface area (Å²) in [6, 6.07) is 1.92. The minimum atomic E-state index is 0.389. The summed E-state index contributed by atoms with van der Waals surface area (Å²) in [4.78, 5) is 2.23. The zero-order valence-corrected chi connectivity index (χ0v) is 6.53. The van der Waals surface area contributed by atoms with Gasteiger partial charge in [-0.15, -0.1) is 0 Å². The average Bonchev–Trinajstić information content (AvgIpc) is 1.90. The molecule has 0 spiro atoms. The Bertz CT molecular complexity index is 132. The van der Waals surface area contributed by atoms with E-state index < -0.39 is 0 Å². The maximum Gasteiger partial charge on any atom is 0.180 e. The van der Waals surface area contributed by atoms with Crippen LogP contribution in [0.1, 0.15) is 13.8 Å². The molecule has 0 aromatic carbocycles. The van der Waals surface area contributed by atoms with Crippen LogP contribution in [0.25, 0.3) is 0 Å². The van der Waals surface area contributed by atoms with E-state index in [1.54, 1.807) is 0 Å². The van der Waals surface area contributed by atoms with Crippen LogP contribution in [0.15, 0.2) is 0 Å². The van der Waals surface area contributed by atoms with Crippen molar-refractivity contribution in [3.05, 3.63) is 0 Å². The normalized spacial score (nSPS) is 8.11. The molecule has 0 saturated heterocycles. The fraction of sp³-hybridized carbons (Fsp3) is 0.667. The molecule has 0 atom stereocenters. The van der Waals surface area contributed by atoms with Gasteiger partial charge in [-0.1, -0.05) is 0 Å². The lowest BCUT2D eigenvalue weighted by molar-refractivity contribution is 0.477. The van der Waals surface area contributed by atoms with Gasteiger partial charge in [0.1, 0.15) is 6.07 Å². The molecule has 0 amide bonds. The predicted octanol–water partition coefficient (Wildman–Crippen LogP) is 1.18. The molecule has 0 rings (SSSR count). The van der Waals surface area contributed by atoms with Gasteiger partial charge in [0.2, 0.25) is 0 Å². The fourth-order valence-electron chi connectivity index (χ4n) is 0.582. The number of thiocarbonyl (C=S) groups is 1. The maximum atomic E-state index is 8.33. The van der Waals surface area contributed by atoms with Gasteiger partial charge in [-0.2, -0.15) is 5.26 Å². The Kier molecular flexibility index (Phi) is 3.98. The van der Waals surface area contributed by atoms with Crippen LogP contribution in [0.3, 0.4) is 0 Å². The molecule has 0 radical (unpaired) electrons. The van der Waals surface area contributed by atoms with Gasteiger partial charge in [0.15, 0.2) is 4.99 Å². The molecule has 0 N–H and O–H groups in total. The van der Waals surface area contributed by atoms with Crippen molar-refractivity contribution >= 4 is 17.2 Å². The number of hydrogen-bond acceptors (Lipinski definition) is 2. The Labute approximate surface area is 61.1 Å². The molecule has 3 heteroatoms. The molecule has 0 fully saturated rings. The first kappa shape index (κ1) is 8.38. The van der Waals surface area contributed by atoms with E-state index >= 15 is 0 Å². The van der Waals surface area contributed by atoms with Crippen LogP contribution in [0.4, 0.5) is 0 Å². The zero-order chi connectivity index (χ0) is 7.28. The topological polar surface area (TPSA) is 27.0 Å². The van der Waals surface area contributed by atoms with Crippen molar-refractivity contribution in [1.29, 1.82) is 5.26 Å². The van der Waals surface area contributed by atoms with E-state index in [9.17, 15) is 0 Å². The molecule has 0 heterocycles. The first-order chi connectivity index (χ1) is 4.26. The van der Waals surface area contributed by atoms with E-state index in [1.807, 2.05) is 24.8 Å². The van der Waals surface area contributed by atoms with Gasteiger partial charge in [-0.25, -0.2) is 0 Å². The molecular formula is C6H10N2S. The van der Waals surface area contributed by atoms with E-state index in [0.29, 0.717) is 4.99 Å². The summed E-state index contributed by atoms with van der Waals surface area (Å²) in [5, 5.41) is 8.33. The minimum Gasteiger partial charge on any atom is -0.355 e. The van der Waals surface area contributed by atoms with Gasteiger partial charge in [-0.05, 0) is 26.1 Å². The monoisotopic (exact) mass is 142 g/mol. The van der Waals surface area contributed by atoms with Crippen molar-refractivity contribution in [2.45, 2.75) is 13.8 Å². The highest BCUT2D eigenvalue weighted by Crippen LogP contribution is 1.88. The molecule has 0 unspecified atom stereocenters. The lowest BCUT2D eigenvalue weighted by atomic mass is 10.5. The molecule has 2 nitrogen and oxygen atoms in total. The molecule has 50 valence electrons. The molecule has 0 aromatic heterocycles. The zero-order valence-electron chi connectivity index (χ0n) is 5.72. The van der Waals surface area contributed by atoms with E-state index in [1.165, 1.54) is 0 Å². The van der Waals surface area contributed by atoms with Gasteiger partial charge in [0.05, 0.1) is 0 Å². The van der Waals surface area contributed by atoms with E-state index in [0.717, 1.165) is 13.1 Å². The third kappa shape index (κ3) is 2.43.